The molecule has 0 atom stereocenters. The van der Waals surface area contributed by atoms with E-state index in [1.807, 2.05) is 18.2 Å². The van der Waals surface area contributed by atoms with Gasteiger partial charge in [0.1, 0.15) is 0 Å². The van der Waals surface area contributed by atoms with E-state index in [9.17, 15) is 10.5 Å². The van der Waals surface area contributed by atoms with Crippen LogP contribution < -0.4 is 0 Å². The van der Waals surface area contributed by atoms with Crippen LogP contribution in [0.15, 0.2) is 42.0 Å². The van der Waals surface area contributed by atoms with Crippen LogP contribution in [-0.4, -0.2) is 0 Å². The number of hydrogen-bond acceptors (Lipinski definition) is 2. The molecule has 19 heavy (non-hydrogen) atoms. The molecule has 2 aliphatic rings. The van der Waals surface area contributed by atoms with E-state index < -0.39 is 5.41 Å². The van der Waals surface area contributed by atoms with Crippen LogP contribution in [0.4, 0.5) is 0 Å². The standard InChI is InChI=1S/C17H14N2/c18-11-17(12-19)10-4-3-6-14-9-8-13-5-1-2-7-15(13)16(14)17/h1-5,7H,6,8-10H2. The van der Waals surface area contributed by atoms with E-state index in [0.717, 1.165) is 30.4 Å². The number of fused-ring (bicyclic) bond motifs is 2. The average molecular weight is 246 g/mol. The second-order valence-electron chi connectivity index (χ2n) is 5.14. The van der Waals surface area contributed by atoms with Crippen molar-refractivity contribution < 1.29 is 0 Å². The molecule has 0 aromatic heterocycles. The fourth-order valence-electron chi connectivity index (χ4n) is 3.13. The van der Waals surface area contributed by atoms with Gasteiger partial charge in [-0.2, -0.15) is 10.5 Å². The Morgan fingerprint density at radius 2 is 1.79 bits per heavy atom. The molecule has 0 amide bonds. The number of allylic oxidation sites excluding steroid dienone is 4. The summed E-state index contributed by atoms with van der Waals surface area (Å²) < 4.78 is 0. The Kier molecular flexibility index (Phi) is 2.73. The molecule has 2 nitrogen and oxygen atoms in total. The lowest BCUT2D eigenvalue weighted by atomic mass is 9.70. The summed E-state index contributed by atoms with van der Waals surface area (Å²) in [7, 11) is 0. The molecule has 0 unspecified atom stereocenters. The van der Waals surface area contributed by atoms with Gasteiger partial charge >= 0.3 is 0 Å². The first kappa shape index (κ1) is 11.8. The van der Waals surface area contributed by atoms with Crippen molar-refractivity contribution in [1.29, 1.82) is 10.5 Å². The average Bonchev–Trinajstić information content (AvgIpc) is 2.67. The van der Waals surface area contributed by atoms with Crippen molar-refractivity contribution in [2.75, 3.05) is 0 Å². The van der Waals surface area contributed by atoms with E-state index >= 15 is 0 Å². The van der Waals surface area contributed by atoms with Crippen molar-refractivity contribution in [3.8, 4) is 12.1 Å². The van der Waals surface area contributed by atoms with Crippen LogP contribution in [0.3, 0.4) is 0 Å². The molecule has 0 radical (unpaired) electrons. The third-order valence-electron chi connectivity index (χ3n) is 4.10. The lowest BCUT2D eigenvalue weighted by molar-refractivity contribution is 0.685. The van der Waals surface area contributed by atoms with Crippen molar-refractivity contribution in [2.45, 2.75) is 25.7 Å². The lowest BCUT2D eigenvalue weighted by Crippen LogP contribution is -2.21. The van der Waals surface area contributed by atoms with Crippen molar-refractivity contribution in [2.24, 2.45) is 5.41 Å². The predicted molar refractivity (Wildman–Crippen MR) is 73.7 cm³/mol. The van der Waals surface area contributed by atoms with Crippen LogP contribution in [0.1, 0.15) is 30.4 Å². The Hall–Kier alpha value is -2.32. The van der Waals surface area contributed by atoms with Crippen LogP contribution in [0, 0.1) is 28.1 Å². The molecular weight excluding hydrogens is 232 g/mol. The van der Waals surface area contributed by atoms with E-state index in [4.69, 9.17) is 0 Å². The minimum Gasteiger partial charge on any atom is -0.196 e. The lowest BCUT2D eigenvalue weighted by Gasteiger charge is -2.29. The molecule has 3 rings (SSSR count). The number of hydrogen-bond donors (Lipinski definition) is 0. The highest BCUT2D eigenvalue weighted by Crippen LogP contribution is 2.47. The van der Waals surface area contributed by atoms with E-state index in [-0.39, 0.29) is 0 Å². The Morgan fingerprint density at radius 1 is 1.00 bits per heavy atom. The second kappa shape index (κ2) is 4.41. The number of aryl methyl sites for hydroxylation is 1. The zero-order chi connectivity index (χ0) is 13.3. The smallest absolute Gasteiger partial charge is 0.172 e. The molecule has 2 heteroatoms. The molecule has 0 spiro atoms. The SMILES string of the molecule is N#CC1(C#N)CC=CCC2=C1c1ccccc1CC2. The summed E-state index contributed by atoms with van der Waals surface area (Å²) in [6, 6.07) is 12.7. The van der Waals surface area contributed by atoms with Gasteiger partial charge in [-0.25, -0.2) is 0 Å². The molecule has 0 saturated heterocycles. The zero-order valence-corrected chi connectivity index (χ0v) is 10.7. The largest absolute Gasteiger partial charge is 0.196 e. The van der Waals surface area contributed by atoms with Crippen LogP contribution in [0.5, 0.6) is 0 Å². The molecule has 0 fully saturated rings. The summed E-state index contributed by atoms with van der Waals surface area (Å²) >= 11 is 0. The monoisotopic (exact) mass is 246 g/mol. The van der Waals surface area contributed by atoms with Gasteiger partial charge < -0.3 is 0 Å². The first-order chi connectivity index (χ1) is 9.30. The van der Waals surface area contributed by atoms with Crippen molar-refractivity contribution in [3.05, 3.63) is 53.1 Å². The molecule has 0 bridgehead atoms. The fraction of sp³-hybridized carbons (Fsp3) is 0.294. The van der Waals surface area contributed by atoms with Gasteiger partial charge in [-0.1, -0.05) is 42.0 Å². The first-order valence-corrected chi connectivity index (χ1v) is 6.59. The van der Waals surface area contributed by atoms with Crippen LogP contribution in [-0.2, 0) is 6.42 Å². The number of rotatable bonds is 0. The normalized spacial score (nSPS) is 19.7. The molecule has 92 valence electrons. The van der Waals surface area contributed by atoms with E-state index in [1.165, 1.54) is 11.1 Å². The Labute approximate surface area is 113 Å². The van der Waals surface area contributed by atoms with Gasteiger partial charge in [-0.3, -0.25) is 0 Å². The van der Waals surface area contributed by atoms with Crippen LogP contribution >= 0.6 is 0 Å². The summed E-state index contributed by atoms with van der Waals surface area (Å²) in [6.07, 6.45) is 7.41. The maximum atomic E-state index is 9.59. The summed E-state index contributed by atoms with van der Waals surface area (Å²) in [5.74, 6) is 0. The summed E-state index contributed by atoms with van der Waals surface area (Å²) in [4.78, 5) is 0. The quantitative estimate of drug-likeness (QED) is 0.654. The van der Waals surface area contributed by atoms with E-state index in [2.05, 4.69) is 30.3 Å². The van der Waals surface area contributed by atoms with Crippen LogP contribution in [0.25, 0.3) is 5.57 Å². The van der Waals surface area contributed by atoms with Crippen molar-refractivity contribution in [3.63, 3.8) is 0 Å². The van der Waals surface area contributed by atoms with E-state index in [1.54, 1.807) is 0 Å². The Balaban J connectivity index is 2.29. The summed E-state index contributed by atoms with van der Waals surface area (Å²) in [6.45, 7) is 0. The molecule has 0 N–H and O–H groups in total. The highest BCUT2D eigenvalue weighted by atomic mass is 14.5. The molecule has 0 heterocycles. The van der Waals surface area contributed by atoms with Crippen molar-refractivity contribution in [1.82, 2.24) is 0 Å². The Morgan fingerprint density at radius 3 is 2.58 bits per heavy atom. The molecule has 1 aromatic carbocycles. The fourth-order valence-corrected chi connectivity index (χ4v) is 3.13. The maximum Gasteiger partial charge on any atom is 0.172 e. The molecule has 2 aliphatic carbocycles. The van der Waals surface area contributed by atoms with Crippen molar-refractivity contribution >= 4 is 5.57 Å². The third kappa shape index (κ3) is 1.69. The number of nitriles is 2. The number of nitrogens with zero attached hydrogens (tertiary/aromatic N) is 2. The molecular formula is C17H14N2. The van der Waals surface area contributed by atoms with Gasteiger partial charge in [-0.05, 0) is 36.0 Å². The molecule has 1 aromatic rings. The highest BCUT2D eigenvalue weighted by molar-refractivity contribution is 5.82. The minimum absolute atomic E-state index is 0.493. The van der Waals surface area contributed by atoms with Gasteiger partial charge in [0.05, 0.1) is 12.1 Å². The molecule has 0 saturated carbocycles. The second-order valence-corrected chi connectivity index (χ2v) is 5.14. The number of benzene rings is 1. The van der Waals surface area contributed by atoms with Gasteiger partial charge in [0.15, 0.2) is 5.41 Å². The first-order valence-electron chi connectivity index (χ1n) is 6.59. The summed E-state index contributed by atoms with van der Waals surface area (Å²) in [5.41, 5.74) is 3.59. The van der Waals surface area contributed by atoms with Gasteiger partial charge in [0.2, 0.25) is 0 Å². The van der Waals surface area contributed by atoms with E-state index in [0.29, 0.717) is 6.42 Å². The van der Waals surface area contributed by atoms with Gasteiger partial charge in [-0.15, -0.1) is 0 Å². The van der Waals surface area contributed by atoms with Gasteiger partial charge in [0.25, 0.3) is 0 Å². The predicted octanol–water partition coefficient (Wildman–Crippen LogP) is 3.77. The highest BCUT2D eigenvalue weighted by Gasteiger charge is 2.39. The third-order valence-corrected chi connectivity index (χ3v) is 4.10. The zero-order valence-electron chi connectivity index (χ0n) is 10.7. The summed E-state index contributed by atoms with van der Waals surface area (Å²) in [5, 5.41) is 19.2. The van der Waals surface area contributed by atoms with Crippen LogP contribution in [0.2, 0.25) is 0 Å². The van der Waals surface area contributed by atoms with Gasteiger partial charge in [0, 0.05) is 6.42 Å². The molecule has 0 aliphatic heterocycles. The Bertz CT molecular complexity index is 651. The topological polar surface area (TPSA) is 47.6 Å². The minimum atomic E-state index is -1.02. The maximum absolute atomic E-state index is 9.59.